The fraction of sp³-hybridized carbons (Fsp3) is 0.273. The number of hydrogen-bond acceptors (Lipinski definition) is 2. The Morgan fingerprint density at radius 2 is 1.42 bits per heavy atom. The number of halogens is 1. The van der Waals surface area contributed by atoms with Crippen molar-refractivity contribution in [1.82, 2.24) is 0 Å². The van der Waals surface area contributed by atoms with E-state index in [4.69, 9.17) is 4.43 Å². The number of hydrogen-bond donors (Lipinski definition) is 0. The Bertz CT molecular complexity index is 785. The molecule has 0 atom stereocenters. The predicted octanol–water partition coefficient (Wildman–Crippen LogP) is 5.63. The molecule has 26 heavy (non-hydrogen) atoms. The maximum atomic E-state index is 6.92. The van der Waals surface area contributed by atoms with Crippen molar-refractivity contribution in [2.24, 2.45) is 0 Å². The van der Waals surface area contributed by atoms with Gasteiger partial charge < -0.3 is 4.43 Å². The Labute approximate surface area is 170 Å². The van der Waals surface area contributed by atoms with Crippen LogP contribution in [0.25, 0.3) is 0 Å². The largest absolute Gasteiger partial charge is 0.407 e. The van der Waals surface area contributed by atoms with Crippen LogP contribution in [-0.4, -0.2) is 14.9 Å². The smallest absolute Gasteiger partial charge is 0.261 e. The van der Waals surface area contributed by atoms with Gasteiger partial charge >= 0.3 is 0 Å². The van der Waals surface area contributed by atoms with Gasteiger partial charge in [-0.1, -0.05) is 81.4 Å². The van der Waals surface area contributed by atoms with Gasteiger partial charge in [0.15, 0.2) is 0 Å². The first kappa shape index (κ1) is 19.6. The highest BCUT2D eigenvalue weighted by molar-refractivity contribution is 9.11. The van der Waals surface area contributed by atoms with Gasteiger partial charge in [0.2, 0.25) is 0 Å². The molecule has 136 valence electrons. The molecule has 1 nitrogen and oxygen atoms in total. The quantitative estimate of drug-likeness (QED) is 0.447. The van der Waals surface area contributed by atoms with Crippen molar-refractivity contribution >= 4 is 46.0 Å². The minimum Gasteiger partial charge on any atom is -0.407 e. The van der Waals surface area contributed by atoms with E-state index in [1.54, 1.807) is 11.3 Å². The molecule has 0 spiro atoms. The summed E-state index contributed by atoms with van der Waals surface area (Å²) in [7, 11) is -2.41. The van der Waals surface area contributed by atoms with Crippen LogP contribution in [0.4, 0.5) is 0 Å². The third-order valence-corrected chi connectivity index (χ3v) is 11.7. The monoisotopic (exact) mass is 444 g/mol. The van der Waals surface area contributed by atoms with Crippen LogP contribution >= 0.6 is 27.3 Å². The zero-order chi connectivity index (χ0) is 18.6. The highest BCUT2D eigenvalue weighted by Gasteiger charge is 2.49. The third-order valence-electron chi connectivity index (χ3n) is 4.80. The second-order valence-corrected chi connectivity index (χ2v) is 14.0. The average molecular weight is 445 g/mol. The summed E-state index contributed by atoms with van der Waals surface area (Å²) in [5.74, 6) is 0. The standard InChI is InChI=1S/C22H25BrOSSi/c1-22(2,3)26(19-10-6-4-7-11-19,20-12-8-5-9-13-20)24-16-14-18-15-17-25-21(18)23/h4-13,15,17H,14,16H2,1-3H3. The lowest BCUT2D eigenvalue weighted by atomic mass is 10.2. The number of benzene rings is 2. The third kappa shape index (κ3) is 3.89. The van der Waals surface area contributed by atoms with E-state index in [-0.39, 0.29) is 5.04 Å². The molecule has 2 aromatic carbocycles. The van der Waals surface area contributed by atoms with Gasteiger partial charge in [-0.3, -0.25) is 0 Å². The van der Waals surface area contributed by atoms with Crippen LogP contribution < -0.4 is 10.4 Å². The van der Waals surface area contributed by atoms with Crippen molar-refractivity contribution in [1.29, 1.82) is 0 Å². The Kier molecular flexibility index (Phi) is 6.18. The Morgan fingerprint density at radius 3 is 1.85 bits per heavy atom. The molecule has 1 heterocycles. The first-order chi connectivity index (χ1) is 12.4. The molecule has 0 saturated carbocycles. The van der Waals surface area contributed by atoms with E-state index in [1.165, 1.54) is 19.7 Å². The molecule has 0 unspecified atom stereocenters. The van der Waals surface area contributed by atoms with E-state index in [1.807, 2.05) is 0 Å². The molecule has 0 radical (unpaired) electrons. The number of thiophene rings is 1. The van der Waals surface area contributed by atoms with Crippen LogP contribution in [0.5, 0.6) is 0 Å². The lowest BCUT2D eigenvalue weighted by Gasteiger charge is -2.43. The van der Waals surface area contributed by atoms with Crippen LogP contribution in [0, 0.1) is 0 Å². The lowest BCUT2D eigenvalue weighted by molar-refractivity contribution is 0.302. The first-order valence-electron chi connectivity index (χ1n) is 8.92. The minimum atomic E-state index is -2.41. The van der Waals surface area contributed by atoms with Gasteiger partial charge in [0.05, 0.1) is 3.79 Å². The first-order valence-corrected chi connectivity index (χ1v) is 12.5. The van der Waals surface area contributed by atoms with Crippen LogP contribution in [-0.2, 0) is 10.8 Å². The summed E-state index contributed by atoms with van der Waals surface area (Å²) in [6, 6.07) is 23.8. The topological polar surface area (TPSA) is 9.23 Å². The van der Waals surface area contributed by atoms with Crippen molar-refractivity contribution in [3.63, 3.8) is 0 Å². The summed E-state index contributed by atoms with van der Waals surface area (Å²) in [6.45, 7) is 7.68. The molecular formula is C22H25BrOSSi. The van der Waals surface area contributed by atoms with Gasteiger partial charge in [-0.2, -0.15) is 0 Å². The maximum Gasteiger partial charge on any atom is 0.261 e. The Morgan fingerprint density at radius 1 is 0.885 bits per heavy atom. The van der Waals surface area contributed by atoms with Crippen LogP contribution in [0.3, 0.4) is 0 Å². The van der Waals surface area contributed by atoms with E-state index in [9.17, 15) is 0 Å². The molecule has 0 aliphatic carbocycles. The van der Waals surface area contributed by atoms with E-state index in [2.05, 4.69) is 109 Å². The zero-order valence-electron chi connectivity index (χ0n) is 15.5. The minimum absolute atomic E-state index is 0.0294. The van der Waals surface area contributed by atoms with Crippen molar-refractivity contribution < 1.29 is 4.43 Å². The molecule has 1 aromatic heterocycles. The summed E-state index contributed by atoms with van der Waals surface area (Å²) in [6.07, 6.45) is 0.925. The van der Waals surface area contributed by atoms with Crippen LogP contribution in [0.15, 0.2) is 75.9 Å². The fourth-order valence-electron chi connectivity index (χ4n) is 3.57. The molecule has 3 rings (SSSR count). The summed E-state index contributed by atoms with van der Waals surface area (Å²) >= 11 is 5.38. The number of rotatable bonds is 6. The molecule has 3 aromatic rings. The molecule has 0 N–H and O–H groups in total. The Hall–Kier alpha value is -1.20. The van der Waals surface area contributed by atoms with Gasteiger partial charge in [0.1, 0.15) is 0 Å². The predicted molar refractivity (Wildman–Crippen MR) is 119 cm³/mol. The highest BCUT2D eigenvalue weighted by atomic mass is 79.9. The second kappa shape index (κ2) is 8.22. The maximum absolute atomic E-state index is 6.92. The fourth-order valence-corrected chi connectivity index (χ4v) is 9.47. The average Bonchev–Trinajstić information content (AvgIpc) is 3.04. The molecule has 0 fully saturated rings. The molecule has 0 amide bonds. The summed E-state index contributed by atoms with van der Waals surface area (Å²) in [4.78, 5) is 0. The Balaban J connectivity index is 2.01. The van der Waals surface area contributed by atoms with E-state index < -0.39 is 8.32 Å². The van der Waals surface area contributed by atoms with Crippen LogP contribution in [0.1, 0.15) is 26.3 Å². The summed E-state index contributed by atoms with van der Waals surface area (Å²) in [5, 5.41) is 4.83. The SMILES string of the molecule is CC(C)(C)[Si](OCCc1ccsc1Br)(c1ccccc1)c1ccccc1. The van der Waals surface area contributed by atoms with E-state index in [0.717, 1.165) is 13.0 Å². The zero-order valence-corrected chi connectivity index (χ0v) is 18.9. The van der Waals surface area contributed by atoms with Gasteiger partial charge in [0.25, 0.3) is 8.32 Å². The van der Waals surface area contributed by atoms with Gasteiger partial charge in [-0.05, 0) is 54.8 Å². The van der Waals surface area contributed by atoms with Gasteiger partial charge in [-0.15, -0.1) is 11.3 Å². The molecule has 0 saturated heterocycles. The molecule has 0 aliphatic heterocycles. The van der Waals surface area contributed by atoms with Crippen molar-refractivity contribution in [3.8, 4) is 0 Å². The highest BCUT2D eigenvalue weighted by Crippen LogP contribution is 2.37. The lowest BCUT2D eigenvalue weighted by Crippen LogP contribution is -2.66. The summed E-state index contributed by atoms with van der Waals surface area (Å²) < 4.78 is 8.13. The van der Waals surface area contributed by atoms with Crippen LogP contribution in [0.2, 0.25) is 5.04 Å². The summed E-state index contributed by atoms with van der Waals surface area (Å²) in [5.41, 5.74) is 1.33. The van der Waals surface area contributed by atoms with Crippen molar-refractivity contribution in [2.45, 2.75) is 32.2 Å². The molecule has 0 bridgehead atoms. The van der Waals surface area contributed by atoms with Crippen molar-refractivity contribution in [3.05, 3.63) is 81.5 Å². The van der Waals surface area contributed by atoms with Gasteiger partial charge in [0, 0.05) is 6.61 Å². The normalized spacial score (nSPS) is 12.3. The van der Waals surface area contributed by atoms with E-state index >= 15 is 0 Å². The molecule has 4 heteroatoms. The van der Waals surface area contributed by atoms with E-state index in [0.29, 0.717) is 0 Å². The molecular weight excluding hydrogens is 420 g/mol. The molecule has 0 aliphatic rings. The van der Waals surface area contributed by atoms with Crippen molar-refractivity contribution in [2.75, 3.05) is 6.61 Å². The van der Waals surface area contributed by atoms with Gasteiger partial charge in [-0.25, -0.2) is 0 Å². The second-order valence-electron chi connectivity index (χ2n) is 7.48.